The smallest absolute Gasteiger partial charge is 0.259 e. The molecule has 0 saturated heterocycles. The fourth-order valence-corrected chi connectivity index (χ4v) is 4.47. The van der Waals surface area contributed by atoms with Gasteiger partial charge in [-0.05, 0) is 63.6 Å². The first-order valence-electron chi connectivity index (χ1n) is 12.6. The maximum atomic E-state index is 14.7. The van der Waals surface area contributed by atoms with Gasteiger partial charge in [0.2, 0.25) is 0 Å². The summed E-state index contributed by atoms with van der Waals surface area (Å²) >= 11 is 4.53. The molecule has 1 amide bonds. The van der Waals surface area contributed by atoms with Crippen LogP contribution in [-0.2, 0) is 18.2 Å². The van der Waals surface area contributed by atoms with Crippen molar-refractivity contribution in [2.24, 2.45) is 7.05 Å². The Morgan fingerprint density at radius 1 is 1.12 bits per heavy atom. The number of nitrogens with one attached hydrogen (secondary N) is 4. The van der Waals surface area contributed by atoms with Gasteiger partial charge in [-0.1, -0.05) is 31.5 Å². The molecule has 0 bridgehead atoms. The highest BCUT2D eigenvalue weighted by atomic mass is 35.5. The first kappa shape index (κ1) is 31.1. The quantitative estimate of drug-likeness (QED) is 0.257. The van der Waals surface area contributed by atoms with Gasteiger partial charge in [0.25, 0.3) is 11.5 Å². The summed E-state index contributed by atoms with van der Waals surface area (Å²) < 4.78 is 53.1. The minimum absolute atomic E-state index is 0.00984. The molecule has 1 aliphatic carbocycles. The third kappa shape index (κ3) is 6.80. The summed E-state index contributed by atoms with van der Waals surface area (Å²) in [5, 5.41) is 5.47. The minimum Gasteiger partial charge on any atom is -0.454 e. The number of amides is 1. The Morgan fingerprint density at radius 3 is 2.40 bits per heavy atom. The van der Waals surface area contributed by atoms with Crippen LogP contribution < -0.4 is 30.4 Å². The molecular weight excluding hydrogens is 564 g/mol. The molecule has 216 valence electrons. The Labute approximate surface area is 239 Å². The van der Waals surface area contributed by atoms with E-state index in [1.165, 1.54) is 43.8 Å². The number of benzene rings is 2. The number of carbonyl (C=O) groups is 1. The fourth-order valence-electron chi connectivity index (χ4n) is 3.69. The lowest BCUT2D eigenvalue weighted by Crippen LogP contribution is -2.31. The molecule has 1 heterocycles. The molecule has 1 aliphatic rings. The van der Waals surface area contributed by atoms with Gasteiger partial charge in [0.05, 0.1) is 11.3 Å². The van der Waals surface area contributed by atoms with Crippen LogP contribution in [0.5, 0.6) is 11.5 Å². The number of rotatable bonds is 9. The standard InChI is InChI=1S/C25H26ClF2N5O4S.C2H6/c1-12-5-9-17(16(28)11-12)31-23-19(24(34)30-14-6-7-14)22(13(2)25(35)33(23)4)37-18-10-8-15(27)21(20(18)26)32-38(36)29-3;1-2/h5,8-11,14,29,31-32H,6-7H2,1-4H3,(H,30,34);1-2H3. The zero-order valence-corrected chi connectivity index (χ0v) is 24.6. The first-order chi connectivity index (χ1) is 19.0. The molecule has 4 N–H and O–H groups in total. The Kier molecular flexibility index (Phi) is 10.3. The van der Waals surface area contributed by atoms with Crippen LogP contribution in [0.3, 0.4) is 0 Å². The molecule has 0 spiro atoms. The Bertz CT molecular complexity index is 1510. The van der Waals surface area contributed by atoms with E-state index in [9.17, 15) is 22.6 Å². The van der Waals surface area contributed by atoms with E-state index in [0.717, 1.165) is 18.9 Å². The molecule has 13 heteroatoms. The Hall–Kier alpha value is -3.48. The van der Waals surface area contributed by atoms with Gasteiger partial charge >= 0.3 is 0 Å². The highest BCUT2D eigenvalue weighted by Crippen LogP contribution is 2.40. The second kappa shape index (κ2) is 13.2. The van der Waals surface area contributed by atoms with E-state index >= 15 is 0 Å². The highest BCUT2D eigenvalue weighted by molar-refractivity contribution is 7.84. The molecule has 0 aliphatic heterocycles. The number of hydrogen-bond donors (Lipinski definition) is 4. The third-order valence-electron chi connectivity index (χ3n) is 5.93. The van der Waals surface area contributed by atoms with Crippen LogP contribution in [-0.4, -0.2) is 27.8 Å². The van der Waals surface area contributed by atoms with Crippen molar-refractivity contribution in [3.05, 3.63) is 74.0 Å². The van der Waals surface area contributed by atoms with E-state index in [1.807, 2.05) is 13.8 Å². The monoisotopic (exact) mass is 595 g/mol. The Morgan fingerprint density at radius 2 is 1.80 bits per heavy atom. The van der Waals surface area contributed by atoms with Gasteiger partial charge in [-0.25, -0.2) is 17.7 Å². The number of nitrogens with zero attached hydrogens (tertiary/aromatic N) is 1. The Balaban J connectivity index is 0.00000216. The van der Waals surface area contributed by atoms with Gasteiger partial charge in [-0.3, -0.25) is 18.9 Å². The van der Waals surface area contributed by atoms with E-state index in [1.54, 1.807) is 13.0 Å². The molecule has 1 atom stereocenters. The summed E-state index contributed by atoms with van der Waals surface area (Å²) in [6.45, 7) is 7.20. The zero-order chi connectivity index (χ0) is 29.7. The summed E-state index contributed by atoms with van der Waals surface area (Å²) in [6.07, 6.45) is 1.59. The zero-order valence-electron chi connectivity index (χ0n) is 23.0. The molecule has 4 rings (SSSR count). The second-order valence-corrected chi connectivity index (χ2v) is 10.3. The van der Waals surface area contributed by atoms with Crippen molar-refractivity contribution >= 4 is 45.9 Å². The van der Waals surface area contributed by atoms with E-state index in [0.29, 0.717) is 5.56 Å². The van der Waals surface area contributed by atoms with Crippen molar-refractivity contribution in [3.63, 3.8) is 0 Å². The first-order valence-corrected chi connectivity index (χ1v) is 14.1. The number of aryl methyl sites for hydroxylation is 1. The van der Waals surface area contributed by atoms with Crippen LogP contribution in [0.1, 0.15) is 48.2 Å². The van der Waals surface area contributed by atoms with Crippen molar-refractivity contribution in [3.8, 4) is 11.5 Å². The largest absolute Gasteiger partial charge is 0.454 e. The van der Waals surface area contributed by atoms with Gasteiger partial charge in [-0.2, -0.15) is 0 Å². The minimum atomic E-state index is -1.85. The van der Waals surface area contributed by atoms with Crippen molar-refractivity contribution < 1.29 is 22.5 Å². The van der Waals surface area contributed by atoms with Crippen LogP contribution in [0.15, 0.2) is 35.1 Å². The lowest BCUT2D eigenvalue weighted by Gasteiger charge is -2.22. The van der Waals surface area contributed by atoms with Gasteiger partial charge < -0.3 is 15.4 Å². The van der Waals surface area contributed by atoms with Crippen LogP contribution in [0, 0.1) is 25.5 Å². The highest BCUT2D eigenvalue weighted by Gasteiger charge is 2.31. The van der Waals surface area contributed by atoms with Gasteiger partial charge in [0.15, 0.2) is 16.9 Å². The summed E-state index contributed by atoms with van der Waals surface area (Å²) in [5.41, 5.74) is -0.0895. The van der Waals surface area contributed by atoms with E-state index < -0.39 is 34.3 Å². The molecule has 2 aromatic carbocycles. The SMILES string of the molecule is CC.CNS(=O)Nc1c(F)ccc(Oc2c(C(=O)NC3CC3)c(Nc3ccc(C)cc3F)n(C)c(=O)c2C)c1Cl. The summed E-state index contributed by atoms with van der Waals surface area (Å²) in [7, 11) is 2.84. The fraction of sp³-hybridized carbons (Fsp3) is 0.333. The van der Waals surface area contributed by atoms with Gasteiger partial charge in [0, 0.05) is 13.1 Å². The maximum Gasteiger partial charge on any atom is 0.259 e. The summed E-state index contributed by atoms with van der Waals surface area (Å²) in [6, 6.07) is 6.71. The van der Waals surface area contributed by atoms with Gasteiger partial charge in [-0.15, -0.1) is 0 Å². The molecule has 9 nitrogen and oxygen atoms in total. The second-order valence-electron chi connectivity index (χ2n) is 8.81. The normalized spacial score (nSPS) is 13.1. The summed E-state index contributed by atoms with van der Waals surface area (Å²) in [4.78, 5) is 26.7. The van der Waals surface area contributed by atoms with Crippen LogP contribution in [0.4, 0.5) is 26.0 Å². The van der Waals surface area contributed by atoms with Crippen molar-refractivity contribution in [2.75, 3.05) is 17.1 Å². The van der Waals surface area contributed by atoms with E-state index in [-0.39, 0.29) is 50.9 Å². The third-order valence-corrected chi connectivity index (χ3v) is 7.07. The van der Waals surface area contributed by atoms with Crippen LogP contribution >= 0.6 is 11.6 Å². The number of pyridine rings is 1. The number of ether oxygens (including phenoxy) is 1. The lowest BCUT2D eigenvalue weighted by molar-refractivity contribution is 0.0948. The predicted octanol–water partition coefficient (Wildman–Crippen LogP) is 5.60. The molecule has 0 radical (unpaired) electrons. The summed E-state index contributed by atoms with van der Waals surface area (Å²) in [5.74, 6) is -2.18. The van der Waals surface area contributed by atoms with E-state index in [2.05, 4.69) is 20.1 Å². The number of halogens is 3. The topological polar surface area (TPSA) is 113 Å². The molecule has 1 unspecified atom stereocenters. The average Bonchev–Trinajstić information content (AvgIpc) is 3.75. The number of hydrogen-bond acceptors (Lipinski definition) is 5. The maximum absolute atomic E-state index is 14.7. The number of carbonyl (C=O) groups excluding carboxylic acids is 1. The molecule has 1 saturated carbocycles. The van der Waals surface area contributed by atoms with Crippen molar-refractivity contribution in [1.29, 1.82) is 0 Å². The lowest BCUT2D eigenvalue weighted by atomic mass is 10.1. The molecular formula is C27H32ClF2N5O4S. The van der Waals surface area contributed by atoms with Gasteiger partial charge in [0.1, 0.15) is 39.5 Å². The van der Waals surface area contributed by atoms with Crippen molar-refractivity contribution in [2.45, 2.75) is 46.6 Å². The average molecular weight is 596 g/mol. The van der Waals surface area contributed by atoms with E-state index in [4.69, 9.17) is 16.3 Å². The van der Waals surface area contributed by atoms with Crippen molar-refractivity contribution in [1.82, 2.24) is 14.6 Å². The van der Waals surface area contributed by atoms with Crippen LogP contribution in [0.25, 0.3) is 0 Å². The molecule has 1 fully saturated rings. The van der Waals surface area contributed by atoms with Crippen LogP contribution in [0.2, 0.25) is 5.02 Å². The number of anilines is 3. The molecule has 1 aromatic heterocycles. The predicted molar refractivity (Wildman–Crippen MR) is 155 cm³/mol. The molecule has 3 aromatic rings. The molecule has 40 heavy (non-hydrogen) atoms. The number of aromatic nitrogens is 1.